The fourth-order valence-electron chi connectivity index (χ4n) is 2.90. The number of aliphatic imine (C=N–C) groups is 1. The Morgan fingerprint density at radius 1 is 1.04 bits per heavy atom. The average molecular weight is 381 g/mol. The molecule has 0 amide bonds. The van der Waals surface area contributed by atoms with Gasteiger partial charge >= 0.3 is 0 Å². The topological polar surface area (TPSA) is 17.3 Å². The molecule has 122 valence electrons. The third-order valence-electron chi connectivity index (χ3n) is 4.23. The Balaban J connectivity index is 1.94. The number of rotatable bonds is 4. The van der Waals surface area contributed by atoms with Crippen molar-refractivity contribution in [2.24, 2.45) is 4.99 Å². The molecule has 0 unspecified atom stereocenters. The van der Waals surface area contributed by atoms with Crippen LogP contribution in [0.3, 0.4) is 0 Å². The summed E-state index contributed by atoms with van der Waals surface area (Å²) >= 11 is 3.48. The van der Waals surface area contributed by atoms with Crippen LogP contribution in [0.15, 0.2) is 64.1 Å². The summed E-state index contributed by atoms with van der Waals surface area (Å²) in [5, 5.41) is 0. The van der Waals surface area contributed by atoms with Crippen molar-refractivity contribution in [1.29, 1.82) is 0 Å². The van der Waals surface area contributed by atoms with Crippen molar-refractivity contribution in [3.63, 3.8) is 0 Å². The van der Waals surface area contributed by atoms with E-state index in [4.69, 9.17) is 0 Å². The number of hydrogen-bond acceptors (Lipinski definition) is 1. The molecule has 0 fully saturated rings. The number of nitrogens with zero attached hydrogens (tertiary/aromatic N) is 2. The molecule has 0 aliphatic carbocycles. The molecule has 0 saturated heterocycles. The van der Waals surface area contributed by atoms with Crippen LogP contribution < -0.4 is 0 Å². The van der Waals surface area contributed by atoms with Gasteiger partial charge in [-0.05, 0) is 62.2 Å². The fourth-order valence-corrected chi connectivity index (χ4v) is 3.28. The van der Waals surface area contributed by atoms with Gasteiger partial charge in [-0.2, -0.15) is 0 Å². The molecule has 24 heavy (non-hydrogen) atoms. The molecular formula is C21H21BrN2. The van der Waals surface area contributed by atoms with Crippen molar-refractivity contribution in [1.82, 2.24) is 4.57 Å². The Kier molecular flexibility index (Phi) is 5.00. The molecule has 1 aromatic heterocycles. The van der Waals surface area contributed by atoms with E-state index in [1.807, 2.05) is 30.5 Å². The summed E-state index contributed by atoms with van der Waals surface area (Å²) in [6, 6.07) is 19.0. The van der Waals surface area contributed by atoms with E-state index in [2.05, 4.69) is 76.6 Å². The van der Waals surface area contributed by atoms with Gasteiger partial charge in [0.2, 0.25) is 0 Å². The van der Waals surface area contributed by atoms with Crippen molar-refractivity contribution in [3.05, 3.63) is 81.6 Å². The molecule has 2 aromatic carbocycles. The van der Waals surface area contributed by atoms with E-state index in [-0.39, 0.29) is 0 Å². The number of hydrogen-bond donors (Lipinski definition) is 0. The van der Waals surface area contributed by atoms with Crippen LogP contribution in [-0.2, 0) is 6.42 Å². The third kappa shape index (κ3) is 3.51. The predicted octanol–water partition coefficient (Wildman–Crippen LogP) is 6.17. The average Bonchev–Trinajstić information content (AvgIpc) is 2.87. The highest BCUT2D eigenvalue weighted by molar-refractivity contribution is 9.10. The number of aromatic nitrogens is 1. The van der Waals surface area contributed by atoms with E-state index >= 15 is 0 Å². The molecule has 0 atom stereocenters. The van der Waals surface area contributed by atoms with Crippen LogP contribution in [0.25, 0.3) is 5.69 Å². The van der Waals surface area contributed by atoms with Gasteiger partial charge in [0.05, 0.1) is 5.69 Å². The molecule has 3 heteroatoms. The van der Waals surface area contributed by atoms with Gasteiger partial charge < -0.3 is 4.57 Å². The molecule has 0 aliphatic rings. The normalized spacial score (nSPS) is 11.3. The van der Waals surface area contributed by atoms with Crippen LogP contribution in [0.4, 0.5) is 5.69 Å². The molecule has 0 spiro atoms. The van der Waals surface area contributed by atoms with E-state index < -0.39 is 0 Å². The predicted molar refractivity (Wildman–Crippen MR) is 106 cm³/mol. The molecule has 2 nitrogen and oxygen atoms in total. The van der Waals surface area contributed by atoms with Crippen LogP contribution in [0.5, 0.6) is 0 Å². The summed E-state index contributed by atoms with van der Waals surface area (Å²) in [4.78, 5) is 4.61. The van der Waals surface area contributed by atoms with Gasteiger partial charge in [0.1, 0.15) is 0 Å². The van der Waals surface area contributed by atoms with Gasteiger partial charge in [0.25, 0.3) is 0 Å². The lowest BCUT2D eigenvalue weighted by molar-refractivity contribution is 0.962. The highest BCUT2D eigenvalue weighted by atomic mass is 79.9. The van der Waals surface area contributed by atoms with Gasteiger partial charge in [-0.3, -0.25) is 4.99 Å². The zero-order valence-corrected chi connectivity index (χ0v) is 15.8. The Morgan fingerprint density at radius 2 is 1.79 bits per heavy atom. The summed E-state index contributed by atoms with van der Waals surface area (Å²) in [6.07, 6.45) is 3.01. The van der Waals surface area contributed by atoms with Crippen LogP contribution >= 0.6 is 15.9 Å². The van der Waals surface area contributed by atoms with Crippen LogP contribution in [0.1, 0.15) is 29.4 Å². The molecule has 0 saturated carbocycles. The zero-order chi connectivity index (χ0) is 17.1. The van der Waals surface area contributed by atoms with Crippen LogP contribution in [-0.4, -0.2) is 10.8 Å². The van der Waals surface area contributed by atoms with Gasteiger partial charge in [0.15, 0.2) is 0 Å². The second-order valence-electron chi connectivity index (χ2n) is 5.92. The second kappa shape index (κ2) is 7.18. The van der Waals surface area contributed by atoms with E-state index in [1.165, 1.54) is 22.6 Å². The lowest BCUT2D eigenvalue weighted by atomic mass is 10.1. The standard InChI is InChI=1S/C21H21BrN2/c1-4-17-8-10-21(11-9-17)24-15(2)12-18(16(24)3)14-23-20-7-5-6-19(22)13-20/h5-14H,4H2,1-3H3. The second-order valence-corrected chi connectivity index (χ2v) is 6.84. The summed E-state index contributed by atoms with van der Waals surface area (Å²) in [5.74, 6) is 0. The fraction of sp³-hybridized carbons (Fsp3) is 0.190. The minimum atomic E-state index is 0.946. The van der Waals surface area contributed by atoms with E-state index in [9.17, 15) is 0 Å². The number of halogens is 1. The largest absolute Gasteiger partial charge is 0.318 e. The number of benzene rings is 2. The van der Waals surface area contributed by atoms with Crippen molar-refractivity contribution < 1.29 is 0 Å². The molecule has 0 bridgehead atoms. The number of aryl methyl sites for hydroxylation is 2. The third-order valence-corrected chi connectivity index (χ3v) is 4.73. The molecule has 0 radical (unpaired) electrons. The summed E-state index contributed by atoms with van der Waals surface area (Å²) in [6.45, 7) is 6.46. The van der Waals surface area contributed by atoms with Crippen LogP contribution in [0, 0.1) is 13.8 Å². The highest BCUT2D eigenvalue weighted by Gasteiger charge is 2.09. The minimum absolute atomic E-state index is 0.946. The van der Waals surface area contributed by atoms with Crippen molar-refractivity contribution in [2.45, 2.75) is 27.2 Å². The van der Waals surface area contributed by atoms with Crippen molar-refractivity contribution in [2.75, 3.05) is 0 Å². The first-order valence-electron chi connectivity index (χ1n) is 8.16. The zero-order valence-electron chi connectivity index (χ0n) is 14.3. The molecule has 3 rings (SSSR count). The summed E-state index contributed by atoms with van der Waals surface area (Å²) < 4.78 is 3.32. The lowest BCUT2D eigenvalue weighted by Gasteiger charge is -2.10. The first-order chi connectivity index (χ1) is 11.6. The first kappa shape index (κ1) is 16.7. The SMILES string of the molecule is CCc1ccc(-n2c(C)cc(C=Nc3cccc(Br)c3)c2C)cc1. The Bertz CT molecular complexity index is 873. The highest BCUT2D eigenvalue weighted by Crippen LogP contribution is 2.22. The van der Waals surface area contributed by atoms with Crippen molar-refractivity contribution >= 4 is 27.8 Å². The monoisotopic (exact) mass is 380 g/mol. The molecule has 1 heterocycles. The summed E-state index contributed by atoms with van der Waals surface area (Å²) in [7, 11) is 0. The maximum absolute atomic E-state index is 4.61. The molecule has 3 aromatic rings. The lowest BCUT2D eigenvalue weighted by Crippen LogP contribution is -1.99. The molecule has 0 N–H and O–H groups in total. The van der Waals surface area contributed by atoms with E-state index in [0.29, 0.717) is 0 Å². The van der Waals surface area contributed by atoms with E-state index in [1.54, 1.807) is 0 Å². The van der Waals surface area contributed by atoms with Crippen LogP contribution in [0.2, 0.25) is 0 Å². The Morgan fingerprint density at radius 3 is 2.46 bits per heavy atom. The van der Waals surface area contributed by atoms with Gasteiger partial charge in [-0.15, -0.1) is 0 Å². The Hall–Kier alpha value is -2.13. The minimum Gasteiger partial charge on any atom is -0.318 e. The summed E-state index contributed by atoms with van der Waals surface area (Å²) in [5.41, 5.74) is 7.07. The maximum atomic E-state index is 4.61. The van der Waals surface area contributed by atoms with E-state index in [0.717, 1.165) is 22.1 Å². The van der Waals surface area contributed by atoms with Gasteiger partial charge in [-0.25, -0.2) is 0 Å². The first-order valence-corrected chi connectivity index (χ1v) is 8.95. The molecular weight excluding hydrogens is 360 g/mol. The molecule has 0 aliphatic heterocycles. The van der Waals surface area contributed by atoms with Gasteiger partial charge in [0, 0.05) is 33.3 Å². The smallest absolute Gasteiger partial charge is 0.0641 e. The quantitative estimate of drug-likeness (QED) is 0.481. The van der Waals surface area contributed by atoms with Crippen molar-refractivity contribution in [3.8, 4) is 5.69 Å². The Labute approximate surface area is 152 Å². The maximum Gasteiger partial charge on any atom is 0.0641 e. The van der Waals surface area contributed by atoms with Gasteiger partial charge in [-0.1, -0.05) is 41.1 Å².